The third kappa shape index (κ3) is 4.73. The van der Waals surface area contributed by atoms with Gasteiger partial charge in [-0.3, -0.25) is 9.69 Å². The first-order valence-corrected chi connectivity index (χ1v) is 7.21. The smallest absolute Gasteiger partial charge is 0.248 e. The lowest BCUT2D eigenvalue weighted by atomic mass is 10.3. The second kappa shape index (κ2) is 8.18. The van der Waals surface area contributed by atoms with Gasteiger partial charge in [0, 0.05) is 39.7 Å². The summed E-state index contributed by atoms with van der Waals surface area (Å²) in [6.07, 6.45) is -0.0876. The van der Waals surface area contributed by atoms with Crippen LogP contribution in [0.5, 0.6) is 0 Å². The van der Waals surface area contributed by atoms with Gasteiger partial charge in [0.15, 0.2) is 5.82 Å². The summed E-state index contributed by atoms with van der Waals surface area (Å²) in [6, 6.07) is 0. The number of nitrogens with zero attached hydrogens (tertiary/aromatic N) is 4. The van der Waals surface area contributed by atoms with Gasteiger partial charge in [-0.15, -0.1) is 0 Å². The fourth-order valence-electron chi connectivity index (χ4n) is 2.37. The minimum atomic E-state index is -0.672. The number of aromatic nitrogens is 2. The first-order valence-electron chi connectivity index (χ1n) is 7.21. The first-order chi connectivity index (χ1) is 10.6. The maximum Gasteiger partial charge on any atom is 0.248 e. The van der Waals surface area contributed by atoms with Crippen LogP contribution in [0.25, 0.3) is 0 Å². The number of ether oxygens (including phenoxy) is 1. The van der Waals surface area contributed by atoms with E-state index in [-0.39, 0.29) is 12.5 Å². The van der Waals surface area contributed by atoms with Gasteiger partial charge in [-0.25, -0.2) is 0 Å². The minimum absolute atomic E-state index is 0.221. The molecule has 0 unspecified atom stereocenters. The number of hydrogen-bond donors (Lipinski definition) is 2. The van der Waals surface area contributed by atoms with E-state index in [4.69, 9.17) is 14.4 Å². The van der Waals surface area contributed by atoms with Crippen LogP contribution in [0, 0.1) is 0 Å². The summed E-state index contributed by atoms with van der Waals surface area (Å²) < 4.78 is 10.1. The molecule has 1 aliphatic heterocycles. The number of carbonyl (C=O) groups excluding carboxylic acids is 1. The van der Waals surface area contributed by atoms with Crippen molar-refractivity contribution >= 4 is 5.91 Å². The molecular formula is C13H22N4O5. The molecule has 1 aromatic rings. The highest BCUT2D eigenvalue weighted by molar-refractivity contribution is 5.77. The van der Waals surface area contributed by atoms with Crippen LogP contribution in [0.15, 0.2) is 4.52 Å². The summed E-state index contributed by atoms with van der Waals surface area (Å²) >= 11 is 0. The standard InChI is InChI=1S/C13H22N4O5/c1-21-5-2-11-14-12(22-15-11)8-16-3-4-17(13(20)9-18)7-10(19)6-16/h10,18-19H,2-9H2,1H3/t10-/m0/s1. The normalized spacial score (nSPS) is 20.1. The van der Waals surface area contributed by atoms with Gasteiger partial charge < -0.3 is 24.4 Å². The fraction of sp³-hybridized carbons (Fsp3) is 0.769. The molecular weight excluding hydrogens is 292 g/mol. The molecule has 0 saturated carbocycles. The van der Waals surface area contributed by atoms with Gasteiger partial charge in [-0.2, -0.15) is 4.98 Å². The van der Waals surface area contributed by atoms with Crippen molar-refractivity contribution in [3.05, 3.63) is 11.7 Å². The predicted octanol–water partition coefficient (Wildman–Crippen LogP) is -1.74. The summed E-state index contributed by atoms with van der Waals surface area (Å²) in [4.78, 5) is 19.2. The summed E-state index contributed by atoms with van der Waals surface area (Å²) in [5.74, 6) is 0.685. The fourth-order valence-corrected chi connectivity index (χ4v) is 2.37. The van der Waals surface area contributed by atoms with E-state index in [9.17, 15) is 9.90 Å². The molecule has 0 aromatic carbocycles. The minimum Gasteiger partial charge on any atom is -0.390 e. The van der Waals surface area contributed by atoms with Crippen LogP contribution in [0.2, 0.25) is 0 Å². The second-order valence-corrected chi connectivity index (χ2v) is 5.23. The summed E-state index contributed by atoms with van der Waals surface area (Å²) in [5, 5.41) is 22.7. The molecule has 1 fully saturated rings. The Morgan fingerprint density at radius 2 is 2.27 bits per heavy atom. The highest BCUT2D eigenvalue weighted by Crippen LogP contribution is 2.09. The Morgan fingerprint density at radius 1 is 1.45 bits per heavy atom. The molecule has 1 atom stereocenters. The zero-order valence-corrected chi connectivity index (χ0v) is 12.6. The van der Waals surface area contributed by atoms with Gasteiger partial charge in [0.05, 0.1) is 19.3 Å². The van der Waals surface area contributed by atoms with Crippen LogP contribution in [0.1, 0.15) is 11.7 Å². The zero-order valence-electron chi connectivity index (χ0n) is 12.6. The van der Waals surface area contributed by atoms with E-state index in [0.717, 1.165) is 0 Å². The molecule has 2 heterocycles. The van der Waals surface area contributed by atoms with Gasteiger partial charge in [0.2, 0.25) is 11.8 Å². The van der Waals surface area contributed by atoms with Crippen LogP contribution in [0.4, 0.5) is 0 Å². The maximum atomic E-state index is 11.5. The number of aliphatic hydroxyl groups is 2. The molecule has 0 radical (unpaired) electrons. The van der Waals surface area contributed by atoms with E-state index >= 15 is 0 Å². The van der Waals surface area contributed by atoms with Crippen LogP contribution >= 0.6 is 0 Å². The number of rotatable bonds is 6. The van der Waals surface area contributed by atoms with Crippen molar-refractivity contribution in [1.29, 1.82) is 0 Å². The van der Waals surface area contributed by atoms with Crippen molar-refractivity contribution in [1.82, 2.24) is 19.9 Å². The van der Waals surface area contributed by atoms with E-state index in [1.165, 1.54) is 4.90 Å². The molecule has 1 aromatic heterocycles. The third-order valence-electron chi connectivity index (χ3n) is 3.47. The Bertz CT molecular complexity index is 481. The second-order valence-electron chi connectivity index (χ2n) is 5.23. The Kier molecular flexibility index (Phi) is 6.25. The van der Waals surface area contributed by atoms with E-state index in [0.29, 0.717) is 50.9 Å². The SMILES string of the molecule is COCCc1noc(CN2CCN(C(=O)CO)C[C@@H](O)C2)n1. The van der Waals surface area contributed by atoms with E-state index in [2.05, 4.69) is 10.1 Å². The molecule has 9 heteroatoms. The molecule has 2 rings (SSSR count). The first kappa shape index (κ1) is 16.8. The predicted molar refractivity (Wildman–Crippen MR) is 74.8 cm³/mol. The Labute approximate surface area is 128 Å². The Balaban J connectivity index is 1.89. The molecule has 22 heavy (non-hydrogen) atoms. The highest BCUT2D eigenvalue weighted by Gasteiger charge is 2.25. The zero-order chi connectivity index (χ0) is 15.9. The molecule has 0 bridgehead atoms. The molecule has 1 aliphatic rings. The number of aliphatic hydroxyl groups excluding tert-OH is 2. The highest BCUT2D eigenvalue weighted by atomic mass is 16.5. The van der Waals surface area contributed by atoms with Crippen molar-refractivity contribution in [2.45, 2.75) is 19.1 Å². The third-order valence-corrected chi connectivity index (χ3v) is 3.47. The van der Waals surface area contributed by atoms with Gasteiger partial charge in [-0.05, 0) is 0 Å². The molecule has 124 valence electrons. The number of hydrogen-bond acceptors (Lipinski definition) is 8. The molecule has 2 N–H and O–H groups in total. The summed E-state index contributed by atoms with van der Waals surface area (Å²) in [7, 11) is 1.61. The van der Waals surface area contributed by atoms with Crippen molar-refractivity contribution in [3.63, 3.8) is 0 Å². The van der Waals surface area contributed by atoms with Crippen LogP contribution in [-0.2, 0) is 22.5 Å². The van der Waals surface area contributed by atoms with Gasteiger partial charge in [0.1, 0.15) is 6.61 Å². The van der Waals surface area contributed by atoms with Gasteiger partial charge >= 0.3 is 0 Å². The maximum absolute atomic E-state index is 11.5. The van der Waals surface area contributed by atoms with Crippen LogP contribution in [0.3, 0.4) is 0 Å². The topological polar surface area (TPSA) is 112 Å². The molecule has 1 saturated heterocycles. The average Bonchev–Trinajstić information content (AvgIpc) is 2.86. The summed E-state index contributed by atoms with van der Waals surface area (Å²) in [6.45, 7) is 2.04. The monoisotopic (exact) mass is 314 g/mol. The Hall–Kier alpha value is -1.55. The molecule has 0 spiro atoms. The molecule has 9 nitrogen and oxygen atoms in total. The van der Waals surface area contributed by atoms with Crippen molar-refractivity contribution in [2.75, 3.05) is 46.5 Å². The number of amides is 1. The number of carbonyl (C=O) groups is 1. The largest absolute Gasteiger partial charge is 0.390 e. The lowest BCUT2D eigenvalue weighted by Gasteiger charge is -2.20. The van der Waals surface area contributed by atoms with Crippen LogP contribution < -0.4 is 0 Å². The van der Waals surface area contributed by atoms with Crippen molar-refractivity contribution < 1.29 is 24.3 Å². The van der Waals surface area contributed by atoms with Crippen molar-refractivity contribution in [3.8, 4) is 0 Å². The number of β-amino-alcohol motifs (C(OH)–C–C–N with tert-alkyl or cyclic N) is 1. The quantitative estimate of drug-likeness (QED) is 0.636. The van der Waals surface area contributed by atoms with Gasteiger partial charge in [0.25, 0.3) is 0 Å². The van der Waals surface area contributed by atoms with Gasteiger partial charge in [-0.1, -0.05) is 5.16 Å². The van der Waals surface area contributed by atoms with E-state index in [1.807, 2.05) is 4.90 Å². The van der Waals surface area contributed by atoms with Crippen molar-refractivity contribution in [2.24, 2.45) is 0 Å². The lowest BCUT2D eigenvalue weighted by Crippen LogP contribution is -2.39. The Morgan fingerprint density at radius 3 is 3.00 bits per heavy atom. The molecule has 0 aliphatic carbocycles. The number of methoxy groups -OCH3 is 1. The molecule has 1 amide bonds. The lowest BCUT2D eigenvalue weighted by molar-refractivity contribution is -0.135. The average molecular weight is 314 g/mol. The van der Waals surface area contributed by atoms with Crippen LogP contribution in [-0.4, -0.2) is 88.7 Å². The van der Waals surface area contributed by atoms with E-state index in [1.54, 1.807) is 7.11 Å². The van der Waals surface area contributed by atoms with E-state index < -0.39 is 12.7 Å². The summed E-state index contributed by atoms with van der Waals surface area (Å²) in [5.41, 5.74) is 0.